The van der Waals surface area contributed by atoms with Gasteiger partial charge in [-0.25, -0.2) is 9.59 Å². The molecule has 0 radical (unpaired) electrons. The van der Waals surface area contributed by atoms with Gasteiger partial charge in [-0.15, -0.1) is 0 Å². The summed E-state index contributed by atoms with van der Waals surface area (Å²) < 4.78 is 0. The van der Waals surface area contributed by atoms with Crippen LogP contribution in [0.25, 0.3) is 12.2 Å². The zero-order valence-corrected chi connectivity index (χ0v) is 10.5. The maximum atomic E-state index is 10.7. The molecule has 1 aromatic rings. The number of aromatic hydroxyl groups is 1. The van der Waals surface area contributed by atoms with E-state index >= 15 is 0 Å². The van der Waals surface area contributed by atoms with E-state index in [0.717, 1.165) is 0 Å². The Hall–Kier alpha value is -2.56. The predicted molar refractivity (Wildman–Crippen MR) is 70.7 cm³/mol. The van der Waals surface area contributed by atoms with E-state index in [1.165, 1.54) is 38.1 Å². The Morgan fingerprint density at radius 2 is 1.53 bits per heavy atom. The molecule has 19 heavy (non-hydrogen) atoms. The highest BCUT2D eigenvalue weighted by Crippen LogP contribution is 2.22. The Balaban J connectivity index is 3.22. The van der Waals surface area contributed by atoms with Gasteiger partial charge in [0.2, 0.25) is 0 Å². The number of carbonyl (C=O) groups is 2. The summed E-state index contributed by atoms with van der Waals surface area (Å²) in [6.07, 6.45) is 2.76. The number of rotatable bonds is 4. The summed E-state index contributed by atoms with van der Waals surface area (Å²) in [5.41, 5.74) is 1.12. The van der Waals surface area contributed by atoms with Crippen LogP contribution in [-0.4, -0.2) is 27.3 Å². The van der Waals surface area contributed by atoms with E-state index in [0.29, 0.717) is 11.1 Å². The zero-order chi connectivity index (χ0) is 14.6. The van der Waals surface area contributed by atoms with Gasteiger partial charge in [0.05, 0.1) is 0 Å². The second-order valence-corrected chi connectivity index (χ2v) is 4.08. The number of phenols is 1. The van der Waals surface area contributed by atoms with Crippen LogP contribution in [0, 0.1) is 0 Å². The Bertz CT molecular complexity index is 581. The molecule has 0 aliphatic rings. The van der Waals surface area contributed by atoms with Gasteiger partial charge in [0.15, 0.2) is 0 Å². The Morgan fingerprint density at radius 1 is 1.00 bits per heavy atom. The second kappa shape index (κ2) is 5.86. The first-order chi connectivity index (χ1) is 8.81. The van der Waals surface area contributed by atoms with Gasteiger partial charge in [-0.3, -0.25) is 0 Å². The van der Waals surface area contributed by atoms with Crippen LogP contribution in [0.5, 0.6) is 5.75 Å². The summed E-state index contributed by atoms with van der Waals surface area (Å²) in [5.74, 6) is -2.18. The zero-order valence-electron chi connectivity index (χ0n) is 10.5. The van der Waals surface area contributed by atoms with Gasteiger partial charge in [-0.2, -0.15) is 0 Å². The Labute approximate surface area is 110 Å². The van der Waals surface area contributed by atoms with Crippen LogP contribution in [0.4, 0.5) is 0 Å². The first-order valence-electron chi connectivity index (χ1n) is 5.47. The van der Waals surface area contributed by atoms with Gasteiger partial charge >= 0.3 is 11.9 Å². The molecule has 5 heteroatoms. The molecule has 0 fully saturated rings. The van der Waals surface area contributed by atoms with Crippen molar-refractivity contribution >= 4 is 24.1 Å². The van der Waals surface area contributed by atoms with E-state index in [1.807, 2.05) is 0 Å². The SMILES string of the molecule is C/C(=C\c1ccc(O)c(/C=C(\C)C(=O)O)c1)C(=O)O. The van der Waals surface area contributed by atoms with Gasteiger partial charge < -0.3 is 15.3 Å². The summed E-state index contributed by atoms with van der Waals surface area (Å²) in [5, 5.41) is 27.2. The minimum absolute atomic E-state index is 0.0641. The van der Waals surface area contributed by atoms with Crippen LogP contribution in [-0.2, 0) is 9.59 Å². The van der Waals surface area contributed by atoms with Gasteiger partial charge in [-0.1, -0.05) is 6.07 Å². The highest BCUT2D eigenvalue weighted by molar-refractivity contribution is 5.93. The van der Waals surface area contributed by atoms with E-state index in [1.54, 1.807) is 6.07 Å². The van der Waals surface area contributed by atoms with Crippen LogP contribution < -0.4 is 0 Å². The third kappa shape index (κ3) is 3.99. The standard InChI is InChI=1S/C14H14O5/c1-8(13(16)17)5-10-3-4-12(15)11(7-10)6-9(2)14(18)19/h3-7,15H,1-2H3,(H,16,17)(H,18,19)/b8-5+,9-6+. The maximum Gasteiger partial charge on any atom is 0.331 e. The van der Waals surface area contributed by atoms with Crippen molar-refractivity contribution in [2.75, 3.05) is 0 Å². The van der Waals surface area contributed by atoms with Crippen molar-refractivity contribution in [3.05, 3.63) is 40.5 Å². The van der Waals surface area contributed by atoms with E-state index < -0.39 is 11.9 Å². The lowest BCUT2D eigenvalue weighted by Crippen LogP contribution is -1.96. The summed E-state index contributed by atoms with van der Waals surface area (Å²) in [7, 11) is 0. The van der Waals surface area contributed by atoms with Crippen molar-refractivity contribution in [1.29, 1.82) is 0 Å². The molecule has 100 valence electrons. The molecule has 0 aliphatic carbocycles. The molecule has 0 heterocycles. The first kappa shape index (κ1) is 14.5. The van der Waals surface area contributed by atoms with Crippen molar-refractivity contribution in [2.45, 2.75) is 13.8 Å². The molecule has 1 rings (SSSR count). The summed E-state index contributed by atoms with van der Waals surface area (Å²) in [4.78, 5) is 21.4. The highest BCUT2D eigenvalue weighted by Gasteiger charge is 2.05. The van der Waals surface area contributed by atoms with E-state index in [4.69, 9.17) is 10.2 Å². The van der Waals surface area contributed by atoms with Gasteiger partial charge in [-0.05, 0) is 43.7 Å². The molecular formula is C14H14O5. The molecule has 0 spiro atoms. The minimum atomic E-state index is -1.08. The van der Waals surface area contributed by atoms with Crippen molar-refractivity contribution in [3.63, 3.8) is 0 Å². The van der Waals surface area contributed by atoms with E-state index in [2.05, 4.69) is 0 Å². The molecule has 1 aromatic carbocycles. The van der Waals surface area contributed by atoms with Crippen LogP contribution in [0.1, 0.15) is 25.0 Å². The smallest absolute Gasteiger partial charge is 0.331 e. The average molecular weight is 262 g/mol. The molecule has 3 N–H and O–H groups in total. The van der Waals surface area contributed by atoms with Crippen LogP contribution in [0.15, 0.2) is 29.3 Å². The molecule has 0 saturated heterocycles. The third-order valence-electron chi connectivity index (χ3n) is 2.48. The minimum Gasteiger partial charge on any atom is -0.507 e. The monoisotopic (exact) mass is 262 g/mol. The molecule has 0 amide bonds. The quantitative estimate of drug-likeness (QED) is 0.724. The van der Waals surface area contributed by atoms with Crippen molar-refractivity contribution in [1.82, 2.24) is 0 Å². The molecule has 5 nitrogen and oxygen atoms in total. The van der Waals surface area contributed by atoms with Crippen molar-refractivity contribution in [2.24, 2.45) is 0 Å². The maximum absolute atomic E-state index is 10.7. The van der Waals surface area contributed by atoms with Crippen LogP contribution in [0.3, 0.4) is 0 Å². The topological polar surface area (TPSA) is 94.8 Å². The molecule has 0 aromatic heterocycles. The van der Waals surface area contributed by atoms with E-state index in [-0.39, 0.29) is 16.9 Å². The molecule has 0 unspecified atom stereocenters. The number of carboxylic acids is 2. The lowest BCUT2D eigenvalue weighted by Gasteiger charge is -2.03. The van der Waals surface area contributed by atoms with Gasteiger partial charge in [0, 0.05) is 16.7 Å². The predicted octanol–water partition coefficient (Wildman–Crippen LogP) is 2.37. The number of hydrogen-bond acceptors (Lipinski definition) is 3. The van der Waals surface area contributed by atoms with Gasteiger partial charge in [0.25, 0.3) is 0 Å². The third-order valence-corrected chi connectivity index (χ3v) is 2.48. The summed E-state index contributed by atoms with van der Waals surface area (Å²) in [6, 6.07) is 4.46. The van der Waals surface area contributed by atoms with E-state index in [9.17, 15) is 14.7 Å². The number of aliphatic carboxylic acids is 2. The number of benzene rings is 1. The second-order valence-electron chi connectivity index (χ2n) is 4.08. The summed E-state index contributed by atoms with van der Waals surface area (Å²) in [6.45, 7) is 2.86. The number of carboxylic acid groups (broad SMARTS) is 2. The Kier molecular flexibility index (Phi) is 4.47. The average Bonchev–Trinajstić information content (AvgIpc) is 2.32. The van der Waals surface area contributed by atoms with Crippen molar-refractivity contribution in [3.8, 4) is 5.75 Å². The molecule has 0 bridgehead atoms. The fraction of sp³-hybridized carbons (Fsp3) is 0.143. The lowest BCUT2D eigenvalue weighted by atomic mass is 10.1. The normalized spacial score (nSPS) is 12.3. The molecular weight excluding hydrogens is 248 g/mol. The number of phenolic OH excluding ortho intramolecular Hbond substituents is 1. The fourth-order valence-corrected chi connectivity index (χ4v) is 1.39. The number of hydrogen-bond donors (Lipinski definition) is 3. The van der Waals surface area contributed by atoms with Crippen LogP contribution >= 0.6 is 0 Å². The molecule has 0 saturated carbocycles. The fourth-order valence-electron chi connectivity index (χ4n) is 1.39. The van der Waals surface area contributed by atoms with Gasteiger partial charge in [0.1, 0.15) is 5.75 Å². The Morgan fingerprint density at radius 3 is 2.05 bits per heavy atom. The molecule has 0 aliphatic heterocycles. The lowest BCUT2D eigenvalue weighted by molar-refractivity contribution is -0.133. The van der Waals surface area contributed by atoms with Crippen LogP contribution in [0.2, 0.25) is 0 Å². The molecule has 0 atom stereocenters. The largest absolute Gasteiger partial charge is 0.507 e. The van der Waals surface area contributed by atoms with Crippen molar-refractivity contribution < 1.29 is 24.9 Å². The summed E-state index contributed by atoms with van der Waals surface area (Å²) >= 11 is 0. The highest BCUT2D eigenvalue weighted by atomic mass is 16.4. The first-order valence-corrected chi connectivity index (χ1v) is 5.47.